The summed E-state index contributed by atoms with van der Waals surface area (Å²) in [7, 11) is -3.21. The molecule has 0 spiro atoms. The molecule has 0 amide bonds. The summed E-state index contributed by atoms with van der Waals surface area (Å²) in [4.78, 5) is 8.89. The summed E-state index contributed by atoms with van der Waals surface area (Å²) in [6.07, 6.45) is 7.98. The smallest absolute Gasteiger partial charge is 0.211 e. The number of sulfonamides is 1. The van der Waals surface area contributed by atoms with Crippen molar-refractivity contribution < 1.29 is 8.42 Å². The second kappa shape index (κ2) is 5.77. The van der Waals surface area contributed by atoms with Crippen LogP contribution >= 0.6 is 0 Å². The summed E-state index contributed by atoms with van der Waals surface area (Å²) in [5.74, 6) is 0. The zero-order chi connectivity index (χ0) is 15.7. The van der Waals surface area contributed by atoms with Crippen molar-refractivity contribution in [2.24, 2.45) is 0 Å². The molecule has 1 saturated heterocycles. The van der Waals surface area contributed by atoms with E-state index in [0.717, 1.165) is 30.8 Å². The van der Waals surface area contributed by atoms with Gasteiger partial charge in [-0.1, -0.05) is 0 Å². The highest BCUT2D eigenvalue weighted by Gasteiger charge is 2.33. The van der Waals surface area contributed by atoms with Crippen LogP contribution in [0.1, 0.15) is 31.5 Å². The molecule has 0 saturated carbocycles. The normalized spacial score (nSPS) is 19.6. The van der Waals surface area contributed by atoms with Crippen molar-refractivity contribution in [2.45, 2.75) is 32.4 Å². The van der Waals surface area contributed by atoms with Gasteiger partial charge in [0.05, 0.1) is 36.1 Å². The molecule has 1 fully saturated rings. The molecule has 8 heteroatoms. The van der Waals surface area contributed by atoms with Crippen LogP contribution in [0, 0.1) is 0 Å². The molecule has 1 aliphatic heterocycles. The van der Waals surface area contributed by atoms with Gasteiger partial charge in [0.25, 0.3) is 0 Å². The second-order valence-corrected chi connectivity index (χ2v) is 7.33. The van der Waals surface area contributed by atoms with E-state index in [1.165, 1.54) is 10.6 Å². The van der Waals surface area contributed by atoms with Gasteiger partial charge in [0.15, 0.2) is 0 Å². The molecule has 22 heavy (non-hydrogen) atoms. The van der Waals surface area contributed by atoms with Crippen molar-refractivity contribution in [1.82, 2.24) is 24.1 Å². The molecule has 0 N–H and O–H groups in total. The van der Waals surface area contributed by atoms with Gasteiger partial charge in [-0.2, -0.15) is 9.40 Å². The van der Waals surface area contributed by atoms with Crippen molar-refractivity contribution >= 4 is 10.0 Å². The third kappa shape index (κ3) is 2.76. The summed E-state index contributed by atoms with van der Waals surface area (Å²) >= 11 is 0. The molecule has 3 heterocycles. The van der Waals surface area contributed by atoms with E-state index in [-0.39, 0.29) is 6.04 Å². The van der Waals surface area contributed by atoms with Crippen LogP contribution in [0.25, 0.3) is 11.4 Å². The molecule has 1 atom stereocenters. The third-order valence-corrected chi connectivity index (χ3v) is 5.21. The Labute approximate surface area is 130 Å². The number of aromatic nitrogens is 4. The van der Waals surface area contributed by atoms with Gasteiger partial charge in [-0.25, -0.2) is 8.42 Å². The molecule has 2 aromatic heterocycles. The van der Waals surface area contributed by atoms with Gasteiger partial charge in [0.1, 0.15) is 5.69 Å². The Balaban J connectivity index is 1.89. The number of aryl methyl sites for hydroxylation is 1. The van der Waals surface area contributed by atoms with Gasteiger partial charge >= 0.3 is 0 Å². The summed E-state index contributed by atoms with van der Waals surface area (Å²) in [5, 5.41) is 4.22. The first-order valence-corrected chi connectivity index (χ1v) is 9.16. The van der Waals surface area contributed by atoms with Gasteiger partial charge in [0, 0.05) is 19.3 Å². The van der Waals surface area contributed by atoms with Gasteiger partial charge in [0.2, 0.25) is 10.0 Å². The van der Waals surface area contributed by atoms with E-state index in [2.05, 4.69) is 15.1 Å². The first-order chi connectivity index (χ1) is 10.5. The van der Waals surface area contributed by atoms with E-state index < -0.39 is 10.0 Å². The number of hydrogen-bond acceptors (Lipinski definition) is 5. The average molecular weight is 321 g/mol. The molecular weight excluding hydrogens is 302 g/mol. The van der Waals surface area contributed by atoms with Crippen molar-refractivity contribution in [3.63, 3.8) is 0 Å². The monoisotopic (exact) mass is 321 g/mol. The Morgan fingerprint density at radius 2 is 2.14 bits per heavy atom. The lowest BCUT2D eigenvalue weighted by molar-refractivity contribution is 0.393. The Kier molecular flexibility index (Phi) is 3.96. The van der Waals surface area contributed by atoms with Crippen molar-refractivity contribution in [1.29, 1.82) is 0 Å². The largest absolute Gasteiger partial charge is 0.264 e. The summed E-state index contributed by atoms with van der Waals surface area (Å²) in [6, 6.07) is 1.69. The lowest BCUT2D eigenvalue weighted by atomic mass is 10.1. The molecule has 3 rings (SSSR count). The van der Waals surface area contributed by atoms with Crippen LogP contribution in [0.15, 0.2) is 24.7 Å². The Hall–Kier alpha value is -1.80. The topological polar surface area (TPSA) is 81.0 Å². The van der Waals surface area contributed by atoms with Crippen LogP contribution in [-0.4, -0.2) is 45.3 Å². The highest BCUT2D eigenvalue weighted by molar-refractivity contribution is 7.88. The highest BCUT2D eigenvalue weighted by atomic mass is 32.2. The Bertz CT molecular complexity index is 754. The molecule has 2 aromatic rings. The Morgan fingerprint density at radius 1 is 1.32 bits per heavy atom. The fourth-order valence-corrected chi connectivity index (χ4v) is 4.01. The molecular formula is C14H19N5O2S. The fourth-order valence-electron chi connectivity index (χ4n) is 2.88. The van der Waals surface area contributed by atoms with Gasteiger partial charge in [-0.3, -0.25) is 14.6 Å². The average Bonchev–Trinajstić information content (AvgIpc) is 3.15. The molecule has 0 unspecified atom stereocenters. The molecule has 0 bridgehead atoms. The maximum absolute atomic E-state index is 11.8. The highest BCUT2D eigenvalue weighted by Crippen LogP contribution is 2.32. The molecule has 0 radical (unpaired) electrons. The molecule has 7 nitrogen and oxygen atoms in total. The molecule has 0 aromatic carbocycles. The summed E-state index contributed by atoms with van der Waals surface area (Å²) in [6.45, 7) is 3.33. The summed E-state index contributed by atoms with van der Waals surface area (Å²) < 4.78 is 27.0. The van der Waals surface area contributed by atoms with Crippen molar-refractivity contribution in [2.75, 3.05) is 12.8 Å². The lowest BCUT2D eigenvalue weighted by Gasteiger charge is -2.21. The van der Waals surface area contributed by atoms with Gasteiger partial charge in [-0.15, -0.1) is 0 Å². The van der Waals surface area contributed by atoms with Crippen LogP contribution in [-0.2, 0) is 16.6 Å². The van der Waals surface area contributed by atoms with Gasteiger partial charge in [-0.05, 0) is 25.8 Å². The summed E-state index contributed by atoms with van der Waals surface area (Å²) in [5.41, 5.74) is 2.36. The third-order valence-electron chi connectivity index (χ3n) is 3.92. The van der Waals surface area contributed by atoms with E-state index >= 15 is 0 Å². The quantitative estimate of drug-likeness (QED) is 0.851. The zero-order valence-corrected chi connectivity index (χ0v) is 13.5. The van der Waals surface area contributed by atoms with Crippen LogP contribution < -0.4 is 0 Å². The number of nitrogens with zero attached hydrogens (tertiary/aromatic N) is 5. The second-order valence-electron chi connectivity index (χ2n) is 5.39. The Morgan fingerprint density at radius 3 is 2.77 bits per heavy atom. The first kappa shape index (κ1) is 15.1. The SMILES string of the molecule is CCn1nccc1-c1cnc([C@@H]2CCCN2S(C)(=O)=O)cn1. The minimum atomic E-state index is -3.21. The predicted molar refractivity (Wildman–Crippen MR) is 82.5 cm³/mol. The van der Waals surface area contributed by atoms with E-state index in [9.17, 15) is 8.42 Å². The predicted octanol–water partition coefficient (Wildman–Crippen LogP) is 1.46. The minimum absolute atomic E-state index is 0.201. The molecule has 118 valence electrons. The van der Waals surface area contributed by atoms with E-state index in [1.54, 1.807) is 18.6 Å². The molecule has 1 aliphatic rings. The fraction of sp³-hybridized carbons (Fsp3) is 0.500. The minimum Gasteiger partial charge on any atom is -0.264 e. The lowest BCUT2D eigenvalue weighted by Crippen LogP contribution is -2.30. The standard InChI is InChI=1S/C14H19N5O2S/c1-3-18-13(6-7-17-18)11-9-16-12(10-15-11)14-5-4-8-19(14)22(2,20)21/h6-7,9-10,14H,3-5,8H2,1-2H3/t14-/m0/s1. The first-order valence-electron chi connectivity index (χ1n) is 7.31. The number of hydrogen-bond donors (Lipinski definition) is 0. The van der Waals surface area contributed by atoms with Crippen LogP contribution in [0.5, 0.6) is 0 Å². The zero-order valence-electron chi connectivity index (χ0n) is 12.7. The number of rotatable bonds is 4. The van der Waals surface area contributed by atoms with E-state index in [4.69, 9.17) is 0 Å². The van der Waals surface area contributed by atoms with Crippen LogP contribution in [0.2, 0.25) is 0 Å². The van der Waals surface area contributed by atoms with Gasteiger partial charge < -0.3 is 0 Å². The van der Waals surface area contributed by atoms with E-state index in [1.807, 2.05) is 17.7 Å². The van der Waals surface area contributed by atoms with Crippen LogP contribution in [0.3, 0.4) is 0 Å². The molecule has 0 aliphatic carbocycles. The van der Waals surface area contributed by atoms with Crippen molar-refractivity contribution in [3.8, 4) is 11.4 Å². The van der Waals surface area contributed by atoms with Crippen LogP contribution in [0.4, 0.5) is 0 Å². The van der Waals surface area contributed by atoms with E-state index in [0.29, 0.717) is 12.2 Å². The maximum atomic E-state index is 11.8. The van der Waals surface area contributed by atoms with Crippen molar-refractivity contribution in [3.05, 3.63) is 30.4 Å². The maximum Gasteiger partial charge on any atom is 0.211 e.